The van der Waals surface area contributed by atoms with Crippen LogP contribution in [0.25, 0.3) is 0 Å². The molecule has 3 rings (SSSR count). The van der Waals surface area contributed by atoms with Gasteiger partial charge >= 0.3 is 0 Å². The van der Waals surface area contributed by atoms with Crippen molar-refractivity contribution >= 4 is 11.8 Å². The van der Waals surface area contributed by atoms with E-state index in [1.54, 1.807) is 29.2 Å². The van der Waals surface area contributed by atoms with Gasteiger partial charge in [-0.25, -0.2) is 0 Å². The molecule has 0 radical (unpaired) electrons. The molecule has 0 bridgehead atoms. The third-order valence-corrected chi connectivity index (χ3v) is 3.87. The van der Waals surface area contributed by atoms with Gasteiger partial charge in [-0.1, -0.05) is 42.5 Å². The number of carbonyl (C=O) groups is 2. The normalized spacial score (nSPS) is 17.9. The second kappa shape index (κ2) is 6.52. The molecule has 0 aromatic heterocycles. The molecule has 2 aromatic rings. The Bertz CT molecular complexity index is 698. The van der Waals surface area contributed by atoms with Gasteiger partial charge in [0, 0.05) is 13.0 Å². The molecule has 0 unspecified atom stereocenters. The van der Waals surface area contributed by atoms with Crippen molar-refractivity contribution in [2.24, 2.45) is 0 Å². The maximum Gasteiger partial charge on any atom is 0.246 e. The molecule has 2 amide bonds. The molecule has 1 atom stereocenters. The van der Waals surface area contributed by atoms with Crippen LogP contribution in [0.2, 0.25) is 0 Å². The fourth-order valence-corrected chi connectivity index (χ4v) is 2.72. The highest BCUT2D eigenvalue weighted by atomic mass is 16.3. The topological polar surface area (TPSA) is 69.6 Å². The van der Waals surface area contributed by atoms with Crippen molar-refractivity contribution in [2.75, 3.05) is 6.54 Å². The summed E-state index contributed by atoms with van der Waals surface area (Å²) in [6, 6.07) is 15.7. The maximum absolute atomic E-state index is 12.6. The molecule has 5 nitrogen and oxygen atoms in total. The number of hydrogen-bond donors (Lipinski definition) is 2. The van der Waals surface area contributed by atoms with E-state index in [9.17, 15) is 14.7 Å². The van der Waals surface area contributed by atoms with E-state index in [0.29, 0.717) is 13.0 Å². The van der Waals surface area contributed by atoms with E-state index >= 15 is 0 Å². The van der Waals surface area contributed by atoms with E-state index in [-0.39, 0.29) is 24.1 Å². The van der Waals surface area contributed by atoms with Gasteiger partial charge in [0.15, 0.2) is 0 Å². The Kier molecular flexibility index (Phi) is 4.28. The third kappa shape index (κ3) is 3.69. The summed E-state index contributed by atoms with van der Waals surface area (Å²) in [6.45, 7) is 0.513. The molecule has 1 aliphatic rings. The van der Waals surface area contributed by atoms with Gasteiger partial charge in [0.25, 0.3) is 0 Å². The van der Waals surface area contributed by atoms with Gasteiger partial charge in [0.05, 0.1) is 6.54 Å². The number of phenols is 1. The Labute approximate surface area is 134 Å². The van der Waals surface area contributed by atoms with Crippen LogP contribution in [0.3, 0.4) is 0 Å². The smallest absolute Gasteiger partial charge is 0.246 e. The Morgan fingerprint density at radius 3 is 2.39 bits per heavy atom. The van der Waals surface area contributed by atoms with Crippen LogP contribution in [-0.4, -0.2) is 34.4 Å². The summed E-state index contributed by atoms with van der Waals surface area (Å²) < 4.78 is 0. The Morgan fingerprint density at radius 1 is 1.00 bits per heavy atom. The first-order valence-electron chi connectivity index (χ1n) is 7.52. The Morgan fingerprint density at radius 2 is 1.70 bits per heavy atom. The minimum absolute atomic E-state index is 0.0819. The van der Waals surface area contributed by atoms with Crippen molar-refractivity contribution in [3.63, 3.8) is 0 Å². The monoisotopic (exact) mass is 310 g/mol. The zero-order chi connectivity index (χ0) is 16.2. The molecule has 118 valence electrons. The molecule has 2 N–H and O–H groups in total. The minimum atomic E-state index is -0.565. The lowest BCUT2D eigenvalue weighted by Gasteiger charge is -2.32. The zero-order valence-electron chi connectivity index (χ0n) is 12.6. The Hall–Kier alpha value is -2.82. The van der Waals surface area contributed by atoms with Crippen molar-refractivity contribution in [3.8, 4) is 5.75 Å². The standard InChI is InChI=1S/C18H18N2O3/c21-15-8-6-13(7-9-15)10-16-18(23)20(12-17(22)19-16)11-14-4-2-1-3-5-14/h1-9,16,21H,10-12H2,(H,19,22)/t16-/m1/s1. The van der Waals surface area contributed by atoms with Crippen LogP contribution in [0.15, 0.2) is 54.6 Å². The van der Waals surface area contributed by atoms with Crippen LogP contribution in [0.1, 0.15) is 11.1 Å². The molecule has 0 spiro atoms. The fraction of sp³-hybridized carbons (Fsp3) is 0.222. The van der Waals surface area contributed by atoms with Crippen LogP contribution in [-0.2, 0) is 22.6 Å². The quantitative estimate of drug-likeness (QED) is 0.898. The van der Waals surface area contributed by atoms with Gasteiger partial charge in [-0.3, -0.25) is 9.59 Å². The summed E-state index contributed by atoms with van der Waals surface area (Å²) in [5, 5.41) is 12.1. The van der Waals surface area contributed by atoms with Gasteiger partial charge in [0.1, 0.15) is 11.8 Å². The van der Waals surface area contributed by atoms with Crippen LogP contribution >= 0.6 is 0 Å². The molecular formula is C18H18N2O3. The van der Waals surface area contributed by atoms with Gasteiger partial charge in [-0.2, -0.15) is 0 Å². The second-order valence-corrected chi connectivity index (χ2v) is 5.67. The van der Waals surface area contributed by atoms with E-state index in [1.165, 1.54) is 0 Å². The first-order chi connectivity index (χ1) is 11.1. The summed E-state index contributed by atoms with van der Waals surface area (Å²) in [6.07, 6.45) is 0.413. The summed E-state index contributed by atoms with van der Waals surface area (Å²) in [5.74, 6) is -0.0516. The van der Waals surface area contributed by atoms with Gasteiger partial charge in [-0.05, 0) is 23.3 Å². The van der Waals surface area contributed by atoms with Gasteiger partial charge < -0.3 is 15.3 Å². The van der Waals surface area contributed by atoms with E-state index < -0.39 is 6.04 Å². The minimum Gasteiger partial charge on any atom is -0.508 e. The number of rotatable bonds is 4. The van der Waals surface area contributed by atoms with Crippen molar-refractivity contribution in [1.82, 2.24) is 10.2 Å². The summed E-state index contributed by atoms with van der Waals surface area (Å²) in [5.41, 5.74) is 1.89. The molecule has 5 heteroatoms. The molecule has 1 saturated heterocycles. The lowest BCUT2D eigenvalue weighted by atomic mass is 10.0. The summed E-state index contributed by atoms with van der Waals surface area (Å²) in [7, 11) is 0. The highest BCUT2D eigenvalue weighted by Gasteiger charge is 2.32. The van der Waals surface area contributed by atoms with Crippen LogP contribution in [0, 0.1) is 0 Å². The predicted molar refractivity (Wildman–Crippen MR) is 85.6 cm³/mol. The maximum atomic E-state index is 12.6. The van der Waals surface area contributed by atoms with E-state index in [2.05, 4.69) is 5.32 Å². The molecule has 0 aliphatic carbocycles. The van der Waals surface area contributed by atoms with Gasteiger partial charge in [-0.15, -0.1) is 0 Å². The van der Waals surface area contributed by atoms with Crippen LogP contribution in [0.5, 0.6) is 5.75 Å². The van der Waals surface area contributed by atoms with Gasteiger partial charge in [0.2, 0.25) is 11.8 Å². The van der Waals surface area contributed by atoms with Crippen LogP contribution < -0.4 is 5.32 Å². The number of benzene rings is 2. The van der Waals surface area contributed by atoms with Crippen molar-refractivity contribution < 1.29 is 14.7 Å². The number of nitrogens with zero attached hydrogens (tertiary/aromatic N) is 1. The summed E-state index contributed by atoms with van der Waals surface area (Å²) >= 11 is 0. The zero-order valence-corrected chi connectivity index (χ0v) is 12.6. The number of piperazine rings is 1. The summed E-state index contributed by atoms with van der Waals surface area (Å²) in [4.78, 5) is 26.1. The largest absolute Gasteiger partial charge is 0.508 e. The Balaban J connectivity index is 1.72. The van der Waals surface area contributed by atoms with E-state index in [1.807, 2.05) is 30.3 Å². The average Bonchev–Trinajstić information content (AvgIpc) is 2.55. The number of nitrogens with one attached hydrogen (secondary N) is 1. The highest BCUT2D eigenvalue weighted by Crippen LogP contribution is 2.15. The average molecular weight is 310 g/mol. The number of carbonyl (C=O) groups excluding carboxylic acids is 2. The number of aromatic hydroxyl groups is 1. The van der Waals surface area contributed by atoms with Crippen LogP contribution in [0.4, 0.5) is 0 Å². The third-order valence-electron chi connectivity index (χ3n) is 3.87. The van der Waals surface area contributed by atoms with Crippen molar-refractivity contribution in [3.05, 3.63) is 65.7 Å². The SMILES string of the molecule is O=C1CN(Cc2ccccc2)C(=O)[C@@H](Cc2ccc(O)cc2)N1. The molecule has 0 saturated carbocycles. The molecule has 2 aromatic carbocycles. The predicted octanol–water partition coefficient (Wildman–Crippen LogP) is 1.46. The first kappa shape index (κ1) is 15.1. The number of amides is 2. The van der Waals surface area contributed by atoms with E-state index in [4.69, 9.17) is 0 Å². The lowest BCUT2D eigenvalue weighted by molar-refractivity contribution is -0.144. The molecule has 1 heterocycles. The fourth-order valence-electron chi connectivity index (χ4n) is 2.72. The number of phenolic OH excluding ortho intramolecular Hbond substituents is 1. The van der Waals surface area contributed by atoms with Crippen molar-refractivity contribution in [1.29, 1.82) is 0 Å². The molecule has 23 heavy (non-hydrogen) atoms. The van der Waals surface area contributed by atoms with Crippen molar-refractivity contribution in [2.45, 2.75) is 19.0 Å². The first-order valence-corrected chi connectivity index (χ1v) is 7.52. The highest BCUT2D eigenvalue weighted by molar-refractivity contribution is 5.95. The number of hydrogen-bond acceptors (Lipinski definition) is 3. The molecule has 1 aliphatic heterocycles. The molecular weight excluding hydrogens is 292 g/mol. The molecule has 1 fully saturated rings. The lowest BCUT2D eigenvalue weighted by Crippen LogP contribution is -2.58. The second-order valence-electron chi connectivity index (χ2n) is 5.67. The van der Waals surface area contributed by atoms with E-state index in [0.717, 1.165) is 11.1 Å².